The van der Waals surface area contributed by atoms with Crippen molar-refractivity contribution in [3.63, 3.8) is 0 Å². The number of nitrogens with zero attached hydrogens (tertiary/aromatic N) is 1. The Kier molecular flexibility index (Phi) is 2.39. The van der Waals surface area contributed by atoms with Crippen LogP contribution in [0.5, 0.6) is 0 Å². The first kappa shape index (κ1) is 8.42. The quantitative estimate of drug-likeness (QED) is 0.659. The van der Waals surface area contributed by atoms with Gasteiger partial charge in [0.05, 0.1) is 11.6 Å². The highest BCUT2D eigenvalue weighted by atomic mass is 16.1. The van der Waals surface area contributed by atoms with E-state index in [9.17, 15) is 4.79 Å². The summed E-state index contributed by atoms with van der Waals surface area (Å²) < 4.78 is 0. The van der Waals surface area contributed by atoms with E-state index in [1.54, 1.807) is 6.20 Å². The van der Waals surface area contributed by atoms with Gasteiger partial charge < -0.3 is 4.79 Å². The summed E-state index contributed by atoms with van der Waals surface area (Å²) in [7, 11) is 0. The van der Waals surface area contributed by atoms with Crippen LogP contribution in [0.4, 0.5) is 0 Å². The van der Waals surface area contributed by atoms with E-state index in [0.29, 0.717) is 5.92 Å². The minimum Gasteiger partial charge on any atom is -0.303 e. The van der Waals surface area contributed by atoms with E-state index in [0.717, 1.165) is 12.0 Å². The Bertz CT molecular complexity index is 279. The Labute approximate surface area is 78.0 Å². The Morgan fingerprint density at radius 1 is 1.46 bits per heavy atom. The van der Waals surface area contributed by atoms with Gasteiger partial charge in [-0.15, -0.1) is 0 Å². The SMILES string of the molecule is O=C[C@H](c1ccccn1)C1CCC1. The summed E-state index contributed by atoms with van der Waals surface area (Å²) in [6, 6.07) is 5.76. The molecule has 0 amide bonds. The fourth-order valence-electron chi connectivity index (χ4n) is 1.79. The maximum Gasteiger partial charge on any atom is 0.129 e. The van der Waals surface area contributed by atoms with Crippen LogP contribution in [0, 0.1) is 5.92 Å². The lowest BCUT2D eigenvalue weighted by Gasteiger charge is -2.29. The van der Waals surface area contributed by atoms with Crippen LogP contribution < -0.4 is 0 Å². The van der Waals surface area contributed by atoms with Crippen molar-refractivity contribution in [3.8, 4) is 0 Å². The molecule has 0 aromatic carbocycles. The molecule has 1 saturated carbocycles. The average Bonchev–Trinajstić information content (AvgIpc) is 2.12. The van der Waals surface area contributed by atoms with Gasteiger partial charge in [-0.2, -0.15) is 0 Å². The zero-order chi connectivity index (χ0) is 9.10. The summed E-state index contributed by atoms with van der Waals surface area (Å²) in [6.45, 7) is 0. The molecular formula is C11H13NO. The maximum atomic E-state index is 10.9. The summed E-state index contributed by atoms with van der Waals surface area (Å²) in [5.74, 6) is 0.586. The number of aldehydes is 1. The van der Waals surface area contributed by atoms with Crippen molar-refractivity contribution in [3.05, 3.63) is 30.1 Å². The summed E-state index contributed by atoms with van der Waals surface area (Å²) in [5, 5.41) is 0. The van der Waals surface area contributed by atoms with Crippen molar-refractivity contribution in [2.75, 3.05) is 0 Å². The highest BCUT2D eigenvalue weighted by molar-refractivity contribution is 5.61. The van der Waals surface area contributed by atoms with Crippen LogP contribution in [0.15, 0.2) is 24.4 Å². The third-order valence-electron chi connectivity index (χ3n) is 2.83. The number of pyridine rings is 1. The van der Waals surface area contributed by atoms with Crippen LogP contribution in [-0.2, 0) is 4.79 Å². The zero-order valence-corrected chi connectivity index (χ0v) is 7.52. The minimum absolute atomic E-state index is 0.0370. The summed E-state index contributed by atoms with van der Waals surface area (Å²) >= 11 is 0. The van der Waals surface area contributed by atoms with Crippen molar-refractivity contribution in [1.29, 1.82) is 0 Å². The van der Waals surface area contributed by atoms with Gasteiger partial charge >= 0.3 is 0 Å². The molecule has 2 heteroatoms. The van der Waals surface area contributed by atoms with Gasteiger partial charge in [0.25, 0.3) is 0 Å². The molecule has 1 aromatic rings. The van der Waals surface area contributed by atoms with Gasteiger partial charge in [0.1, 0.15) is 6.29 Å². The van der Waals surface area contributed by atoms with Gasteiger partial charge in [-0.25, -0.2) is 0 Å². The lowest BCUT2D eigenvalue weighted by atomic mass is 9.75. The normalized spacial score (nSPS) is 19.1. The second kappa shape index (κ2) is 3.69. The largest absolute Gasteiger partial charge is 0.303 e. The van der Waals surface area contributed by atoms with Gasteiger partial charge in [-0.1, -0.05) is 12.5 Å². The van der Waals surface area contributed by atoms with Crippen LogP contribution >= 0.6 is 0 Å². The maximum absolute atomic E-state index is 10.9. The molecule has 0 N–H and O–H groups in total. The van der Waals surface area contributed by atoms with Crippen LogP contribution in [0.1, 0.15) is 30.9 Å². The van der Waals surface area contributed by atoms with Crippen molar-refractivity contribution in [2.45, 2.75) is 25.2 Å². The monoisotopic (exact) mass is 175 g/mol. The summed E-state index contributed by atoms with van der Waals surface area (Å²) in [5.41, 5.74) is 0.933. The Hall–Kier alpha value is -1.18. The molecule has 1 atom stereocenters. The molecule has 1 aromatic heterocycles. The van der Waals surface area contributed by atoms with Gasteiger partial charge in [0.2, 0.25) is 0 Å². The summed E-state index contributed by atoms with van der Waals surface area (Å²) in [4.78, 5) is 15.1. The fraction of sp³-hybridized carbons (Fsp3) is 0.455. The Morgan fingerprint density at radius 2 is 2.31 bits per heavy atom. The number of hydrogen-bond donors (Lipinski definition) is 0. The molecule has 2 nitrogen and oxygen atoms in total. The van der Waals surface area contributed by atoms with E-state index >= 15 is 0 Å². The summed E-state index contributed by atoms with van der Waals surface area (Å²) in [6.07, 6.45) is 6.43. The first-order chi connectivity index (χ1) is 6.42. The third kappa shape index (κ3) is 1.62. The first-order valence-electron chi connectivity index (χ1n) is 4.78. The highest BCUT2D eigenvalue weighted by Crippen LogP contribution is 2.37. The molecular weight excluding hydrogens is 162 g/mol. The molecule has 0 spiro atoms. The van der Waals surface area contributed by atoms with Crippen molar-refractivity contribution >= 4 is 6.29 Å². The van der Waals surface area contributed by atoms with E-state index in [1.807, 2.05) is 18.2 Å². The molecule has 1 fully saturated rings. The Balaban J connectivity index is 2.16. The average molecular weight is 175 g/mol. The number of rotatable bonds is 3. The molecule has 1 heterocycles. The lowest BCUT2D eigenvalue weighted by molar-refractivity contribution is -0.110. The Morgan fingerprint density at radius 3 is 2.77 bits per heavy atom. The standard InChI is InChI=1S/C11H13NO/c13-8-10(9-4-3-5-9)11-6-1-2-7-12-11/h1-2,6-10H,3-5H2/t10-/m0/s1. The van der Waals surface area contributed by atoms with Crippen LogP contribution in [0.2, 0.25) is 0 Å². The second-order valence-corrected chi connectivity index (χ2v) is 3.61. The predicted octanol–water partition coefficient (Wildman–Crippen LogP) is 2.16. The van der Waals surface area contributed by atoms with E-state index in [4.69, 9.17) is 0 Å². The third-order valence-corrected chi connectivity index (χ3v) is 2.83. The first-order valence-corrected chi connectivity index (χ1v) is 4.78. The van der Waals surface area contributed by atoms with Crippen LogP contribution in [0.25, 0.3) is 0 Å². The van der Waals surface area contributed by atoms with Crippen molar-refractivity contribution < 1.29 is 4.79 Å². The molecule has 0 unspecified atom stereocenters. The molecule has 0 radical (unpaired) electrons. The molecule has 0 aliphatic heterocycles. The smallest absolute Gasteiger partial charge is 0.129 e. The molecule has 0 saturated heterocycles. The number of carbonyl (C=O) groups excluding carboxylic acids is 1. The number of hydrogen-bond acceptors (Lipinski definition) is 2. The molecule has 68 valence electrons. The zero-order valence-electron chi connectivity index (χ0n) is 7.52. The second-order valence-electron chi connectivity index (χ2n) is 3.61. The topological polar surface area (TPSA) is 30.0 Å². The fourth-order valence-corrected chi connectivity index (χ4v) is 1.79. The molecule has 1 aliphatic carbocycles. The van der Waals surface area contributed by atoms with Gasteiger partial charge in [-0.3, -0.25) is 4.98 Å². The van der Waals surface area contributed by atoms with E-state index in [1.165, 1.54) is 19.3 Å². The van der Waals surface area contributed by atoms with Gasteiger partial charge in [0.15, 0.2) is 0 Å². The van der Waals surface area contributed by atoms with Crippen LogP contribution in [-0.4, -0.2) is 11.3 Å². The number of carbonyl (C=O) groups is 1. The minimum atomic E-state index is 0.0370. The van der Waals surface area contributed by atoms with E-state index < -0.39 is 0 Å². The van der Waals surface area contributed by atoms with Crippen LogP contribution in [0.3, 0.4) is 0 Å². The number of aromatic nitrogens is 1. The van der Waals surface area contributed by atoms with Crippen molar-refractivity contribution in [1.82, 2.24) is 4.98 Å². The van der Waals surface area contributed by atoms with Gasteiger partial charge in [0, 0.05) is 6.20 Å². The molecule has 2 rings (SSSR count). The molecule has 0 bridgehead atoms. The highest BCUT2D eigenvalue weighted by Gasteiger charge is 2.28. The van der Waals surface area contributed by atoms with E-state index in [-0.39, 0.29) is 5.92 Å². The predicted molar refractivity (Wildman–Crippen MR) is 50.4 cm³/mol. The van der Waals surface area contributed by atoms with Crippen molar-refractivity contribution in [2.24, 2.45) is 5.92 Å². The lowest BCUT2D eigenvalue weighted by Crippen LogP contribution is -2.22. The molecule has 13 heavy (non-hydrogen) atoms. The van der Waals surface area contributed by atoms with E-state index in [2.05, 4.69) is 4.98 Å². The van der Waals surface area contributed by atoms with Gasteiger partial charge in [-0.05, 0) is 30.9 Å². The molecule has 1 aliphatic rings.